The number of pyridine rings is 2. The summed E-state index contributed by atoms with van der Waals surface area (Å²) in [6, 6.07) is 6.08. The summed E-state index contributed by atoms with van der Waals surface area (Å²) in [5, 5.41) is 10.00. The van der Waals surface area contributed by atoms with Crippen LogP contribution in [0.1, 0.15) is 25.7 Å². The van der Waals surface area contributed by atoms with Crippen LogP contribution in [0.2, 0.25) is 0 Å². The molecular formula is C24H29N5O3. The molecule has 3 aromatic rings. The standard InChI is InChI=1S/C24H29N5O3/c1-27-15-19(18-4-9-25-22(18)23(27)32)17-2-3-20(26-14-17)28-10-5-24(6-11-28)7-12-29(13-8-24)21(31)16-30/h2-4,9,14-15,25,30H,5-8,10-13,16H2,1H3. The Kier molecular flexibility index (Phi) is 5.25. The Morgan fingerprint density at radius 1 is 1.12 bits per heavy atom. The van der Waals surface area contributed by atoms with Gasteiger partial charge in [0, 0.05) is 68.3 Å². The van der Waals surface area contributed by atoms with Crippen LogP contribution in [0.15, 0.2) is 41.6 Å². The number of aliphatic hydroxyl groups is 1. The summed E-state index contributed by atoms with van der Waals surface area (Å²) >= 11 is 0. The SMILES string of the molecule is Cn1cc(-c2ccc(N3CCC4(CCN(C(=O)CO)CC4)CC3)nc2)c2cc[nH]c2c1=O. The molecule has 0 saturated carbocycles. The second-order valence-electron chi connectivity index (χ2n) is 9.16. The van der Waals surface area contributed by atoms with Crippen LogP contribution >= 0.6 is 0 Å². The maximum Gasteiger partial charge on any atom is 0.274 e. The lowest BCUT2D eigenvalue weighted by Gasteiger charge is -2.47. The van der Waals surface area contributed by atoms with Gasteiger partial charge < -0.3 is 24.5 Å². The van der Waals surface area contributed by atoms with E-state index in [1.165, 1.54) is 0 Å². The number of nitrogens with zero attached hydrogens (tertiary/aromatic N) is 4. The Balaban J connectivity index is 1.28. The monoisotopic (exact) mass is 435 g/mol. The summed E-state index contributed by atoms with van der Waals surface area (Å²) in [6.07, 6.45) is 9.78. The largest absolute Gasteiger partial charge is 0.387 e. The van der Waals surface area contributed by atoms with Crippen LogP contribution in [0.25, 0.3) is 22.0 Å². The number of likely N-dealkylation sites (tertiary alicyclic amines) is 1. The second-order valence-corrected chi connectivity index (χ2v) is 9.16. The van der Waals surface area contributed by atoms with Gasteiger partial charge in [-0.3, -0.25) is 9.59 Å². The highest BCUT2D eigenvalue weighted by molar-refractivity contribution is 5.94. The van der Waals surface area contributed by atoms with Gasteiger partial charge in [0.15, 0.2) is 0 Å². The number of rotatable bonds is 3. The minimum Gasteiger partial charge on any atom is -0.387 e. The van der Waals surface area contributed by atoms with Crippen LogP contribution in [0, 0.1) is 5.41 Å². The number of amides is 1. The van der Waals surface area contributed by atoms with Crippen molar-refractivity contribution in [1.82, 2.24) is 19.4 Å². The van der Waals surface area contributed by atoms with Crippen molar-refractivity contribution in [3.8, 4) is 11.1 Å². The zero-order chi connectivity index (χ0) is 22.3. The Labute approximate surface area is 186 Å². The predicted molar refractivity (Wildman–Crippen MR) is 124 cm³/mol. The third-order valence-corrected chi connectivity index (χ3v) is 7.41. The fourth-order valence-electron chi connectivity index (χ4n) is 5.27. The Hall–Kier alpha value is -3.13. The van der Waals surface area contributed by atoms with Crippen molar-refractivity contribution in [3.63, 3.8) is 0 Å². The van der Waals surface area contributed by atoms with Gasteiger partial charge >= 0.3 is 0 Å². The molecule has 0 radical (unpaired) electrons. The molecule has 2 aliphatic heterocycles. The van der Waals surface area contributed by atoms with Gasteiger partial charge in [0.2, 0.25) is 5.91 Å². The van der Waals surface area contributed by atoms with Gasteiger partial charge in [-0.1, -0.05) is 0 Å². The Morgan fingerprint density at radius 2 is 1.84 bits per heavy atom. The molecule has 2 saturated heterocycles. The molecule has 0 atom stereocenters. The lowest BCUT2D eigenvalue weighted by atomic mass is 9.71. The summed E-state index contributed by atoms with van der Waals surface area (Å²) in [5.74, 6) is 0.823. The number of hydrogen-bond donors (Lipinski definition) is 2. The maximum atomic E-state index is 12.3. The molecule has 3 aromatic heterocycles. The minimum atomic E-state index is -0.392. The van der Waals surface area contributed by atoms with E-state index in [0.717, 1.165) is 74.2 Å². The number of anilines is 1. The van der Waals surface area contributed by atoms with E-state index < -0.39 is 6.61 Å². The fraction of sp³-hybridized carbons (Fsp3) is 0.458. The molecule has 5 heterocycles. The molecule has 0 aliphatic carbocycles. The van der Waals surface area contributed by atoms with Gasteiger partial charge in [0.1, 0.15) is 17.9 Å². The normalized spacial score (nSPS) is 18.4. The number of aliphatic hydroxyl groups excluding tert-OH is 1. The van der Waals surface area contributed by atoms with Crippen molar-refractivity contribution in [1.29, 1.82) is 0 Å². The lowest BCUT2D eigenvalue weighted by molar-refractivity contribution is -0.136. The van der Waals surface area contributed by atoms with E-state index in [1.807, 2.05) is 18.5 Å². The number of nitrogens with one attached hydrogen (secondary N) is 1. The number of carbonyl (C=O) groups excluding carboxylic acids is 1. The fourth-order valence-corrected chi connectivity index (χ4v) is 5.27. The Bertz CT molecular complexity index is 1180. The summed E-state index contributed by atoms with van der Waals surface area (Å²) in [6.45, 7) is 3.03. The van der Waals surface area contributed by atoms with Crippen molar-refractivity contribution in [2.75, 3.05) is 37.7 Å². The molecular weight excluding hydrogens is 406 g/mol. The van der Waals surface area contributed by atoms with E-state index in [-0.39, 0.29) is 11.5 Å². The molecule has 32 heavy (non-hydrogen) atoms. The molecule has 8 nitrogen and oxygen atoms in total. The predicted octanol–water partition coefficient (Wildman–Crippen LogP) is 2.13. The molecule has 1 spiro atoms. The third kappa shape index (κ3) is 3.58. The lowest BCUT2D eigenvalue weighted by Crippen LogP contribution is -2.49. The first kappa shape index (κ1) is 20.8. The maximum absolute atomic E-state index is 12.3. The molecule has 0 bridgehead atoms. The van der Waals surface area contributed by atoms with Crippen LogP contribution in [0.5, 0.6) is 0 Å². The van der Waals surface area contributed by atoms with E-state index in [4.69, 9.17) is 10.1 Å². The molecule has 0 unspecified atom stereocenters. The van der Waals surface area contributed by atoms with Crippen LogP contribution in [0.4, 0.5) is 5.82 Å². The van der Waals surface area contributed by atoms with Gasteiger partial charge in [-0.15, -0.1) is 0 Å². The number of carbonyl (C=O) groups is 1. The van der Waals surface area contributed by atoms with Gasteiger partial charge in [0.05, 0.1) is 0 Å². The first-order chi connectivity index (χ1) is 15.5. The second kappa shape index (κ2) is 8.09. The van der Waals surface area contributed by atoms with E-state index in [0.29, 0.717) is 10.9 Å². The topological polar surface area (TPSA) is 94.5 Å². The van der Waals surface area contributed by atoms with Crippen molar-refractivity contribution in [2.24, 2.45) is 12.5 Å². The highest BCUT2D eigenvalue weighted by Gasteiger charge is 2.38. The van der Waals surface area contributed by atoms with Crippen LogP contribution in [-0.4, -0.2) is 63.2 Å². The van der Waals surface area contributed by atoms with Gasteiger partial charge in [0.25, 0.3) is 5.56 Å². The highest BCUT2D eigenvalue weighted by atomic mass is 16.3. The highest BCUT2D eigenvalue weighted by Crippen LogP contribution is 2.42. The first-order valence-electron chi connectivity index (χ1n) is 11.3. The van der Waals surface area contributed by atoms with E-state index >= 15 is 0 Å². The smallest absolute Gasteiger partial charge is 0.274 e. The molecule has 2 fully saturated rings. The van der Waals surface area contributed by atoms with Crippen LogP contribution in [-0.2, 0) is 11.8 Å². The third-order valence-electron chi connectivity index (χ3n) is 7.41. The summed E-state index contributed by atoms with van der Waals surface area (Å²) in [7, 11) is 1.77. The first-order valence-corrected chi connectivity index (χ1v) is 11.3. The number of piperidine rings is 2. The zero-order valence-electron chi connectivity index (χ0n) is 18.4. The van der Waals surface area contributed by atoms with Gasteiger partial charge in [-0.05, 0) is 49.3 Å². The van der Waals surface area contributed by atoms with E-state index in [1.54, 1.807) is 22.7 Å². The summed E-state index contributed by atoms with van der Waals surface area (Å²) < 4.78 is 1.60. The number of aromatic nitrogens is 3. The number of fused-ring (bicyclic) bond motifs is 1. The van der Waals surface area contributed by atoms with E-state index in [2.05, 4.69) is 22.0 Å². The van der Waals surface area contributed by atoms with Crippen molar-refractivity contribution in [3.05, 3.63) is 47.1 Å². The van der Waals surface area contributed by atoms with Crippen LogP contribution in [0.3, 0.4) is 0 Å². The van der Waals surface area contributed by atoms with Crippen LogP contribution < -0.4 is 10.5 Å². The van der Waals surface area contributed by atoms with Crippen molar-refractivity contribution in [2.45, 2.75) is 25.7 Å². The zero-order valence-corrected chi connectivity index (χ0v) is 18.4. The number of H-pyrrole nitrogens is 1. The average molecular weight is 436 g/mol. The summed E-state index contributed by atoms with van der Waals surface area (Å²) in [5.41, 5.74) is 2.86. The van der Waals surface area contributed by atoms with E-state index in [9.17, 15) is 9.59 Å². The molecule has 5 rings (SSSR count). The average Bonchev–Trinajstić information content (AvgIpc) is 3.32. The van der Waals surface area contributed by atoms with Crippen molar-refractivity contribution < 1.29 is 9.90 Å². The van der Waals surface area contributed by atoms with Crippen molar-refractivity contribution >= 4 is 22.6 Å². The van der Waals surface area contributed by atoms with Gasteiger partial charge in [-0.25, -0.2) is 4.98 Å². The number of hydrogen-bond acceptors (Lipinski definition) is 5. The molecule has 8 heteroatoms. The molecule has 2 N–H and O–H groups in total. The number of aryl methyl sites for hydroxylation is 1. The minimum absolute atomic E-state index is 0.0351. The Morgan fingerprint density at radius 3 is 2.50 bits per heavy atom. The van der Waals surface area contributed by atoms with Gasteiger partial charge in [-0.2, -0.15) is 0 Å². The number of aromatic amines is 1. The quantitative estimate of drug-likeness (QED) is 0.657. The summed E-state index contributed by atoms with van der Waals surface area (Å²) in [4.78, 5) is 36.0. The molecule has 2 aliphatic rings. The molecule has 0 aromatic carbocycles. The molecule has 168 valence electrons. The molecule has 1 amide bonds.